The number of carboxylic acid groups (broad SMARTS) is 2. The maximum Gasteiger partial charge on any atom is 0.352 e. The summed E-state index contributed by atoms with van der Waals surface area (Å²) >= 11 is 2.38. The Hall–Kier alpha value is -3.10. The van der Waals surface area contributed by atoms with Gasteiger partial charge in [-0.2, -0.15) is 0 Å². The predicted molar refractivity (Wildman–Crippen MR) is 115 cm³/mol. The van der Waals surface area contributed by atoms with Gasteiger partial charge in [0.1, 0.15) is 11.1 Å². The highest BCUT2D eigenvalue weighted by Gasteiger charge is 2.36. The van der Waals surface area contributed by atoms with Crippen molar-refractivity contribution in [2.75, 3.05) is 11.5 Å². The molecule has 0 radical (unpaired) electrons. The molecule has 0 saturated carbocycles. The van der Waals surface area contributed by atoms with E-state index in [9.17, 15) is 29.7 Å². The van der Waals surface area contributed by atoms with E-state index in [1.165, 1.54) is 28.6 Å². The zero-order chi connectivity index (χ0) is 23.3. The number of aliphatic hydroxyl groups is 1. The highest BCUT2D eigenvalue weighted by atomic mass is 32.2. The minimum absolute atomic E-state index is 0.138. The number of carbonyl (C=O) groups is 3. The van der Waals surface area contributed by atoms with Gasteiger partial charge in [0.2, 0.25) is 5.16 Å². The molecule has 0 aliphatic carbocycles. The van der Waals surface area contributed by atoms with Crippen LogP contribution in [0.2, 0.25) is 0 Å². The SMILES string of the molecule is Cn1nnnc1SCC1=C(C(=O)O)N[C@@H](C(NC(=O)[C@H](O)c2ccccc2)C(=O)O)SC1. The third-order valence-electron chi connectivity index (χ3n) is 4.48. The van der Waals surface area contributed by atoms with Crippen molar-refractivity contribution < 1.29 is 29.7 Å². The number of nitrogens with zero attached hydrogens (tertiary/aromatic N) is 4. The maximum atomic E-state index is 12.4. The van der Waals surface area contributed by atoms with Crippen LogP contribution in [-0.2, 0) is 21.4 Å². The number of amides is 1. The molecule has 1 aliphatic heterocycles. The fourth-order valence-corrected chi connectivity index (χ4v) is 5.04. The second-order valence-corrected chi connectivity index (χ2v) is 8.74. The summed E-state index contributed by atoms with van der Waals surface area (Å²) in [4.78, 5) is 36.0. The van der Waals surface area contributed by atoms with Crippen LogP contribution in [0.5, 0.6) is 0 Å². The van der Waals surface area contributed by atoms with Gasteiger partial charge in [-0.1, -0.05) is 42.1 Å². The van der Waals surface area contributed by atoms with Gasteiger partial charge in [0.15, 0.2) is 12.1 Å². The van der Waals surface area contributed by atoms with Gasteiger partial charge in [-0.05, 0) is 21.6 Å². The summed E-state index contributed by atoms with van der Waals surface area (Å²) < 4.78 is 1.45. The molecular weight excluding hydrogens is 460 g/mol. The highest BCUT2D eigenvalue weighted by molar-refractivity contribution is 8.00. The number of rotatable bonds is 9. The molecule has 1 aliphatic rings. The largest absolute Gasteiger partial charge is 0.480 e. The predicted octanol–water partition coefficient (Wildman–Crippen LogP) is -0.394. The molecule has 0 spiro atoms. The molecule has 2 aromatic rings. The lowest BCUT2D eigenvalue weighted by Gasteiger charge is -2.31. The van der Waals surface area contributed by atoms with Crippen molar-refractivity contribution in [2.45, 2.75) is 22.7 Å². The number of aliphatic hydroxyl groups excluding tert-OH is 1. The first-order valence-corrected chi connectivity index (χ1v) is 11.3. The Balaban J connectivity index is 1.72. The van der Waals surface area contributed by atoms with Crippen LogP contribution in [0.4, 0.5) is 0 Å². The lowest BCUT2D eigenvalue weighted by atomic mass is 10.1. The average Bonchev–Trinajstić information content (AvgIpc) is 3.20. The van der Waals surface area contributed by atoms with Crippen molar-refractivity contribution in [3.8, 4) is 0 Å². The number of nitrogens with one attached hydrogen (secondary N) is 2. The minimum Gasteiger partial charge on any atom is -0.480 e. The second kappa shape index (κ2) is 10.5. The van der Waals surface area contributed by atoms with Crippen molar-refractivity contribution in [1.29, 1.82) is 0 Å². The van der Waals surface area contributed by atoms with Gasteiger partial charge in [0.05, 0.1) is 0 Å². The molecule has 32 heavy (non-hydrogen) atoms. The zero-order valence-electron chi connectivity index (χ0n) is 16.7. The van der Waals surface area contributed by atoms with E-state index in [1.807, 2.05) is 0 Å². The molecule has 12 nitrogen and oxygen atoms in total. The Labute approximate surface area is 190 Å². The summed E-state index contributed by atoms with van der Waals surface area (Å²) in [6, 6.07) is 6.59. The maximum absolute atomic E-state index is 12.4. The standard InChI is InChI=1S/C18H20N6O6S2/c1-24-18(21-22-23-24)32-8-10-7-31-15(20-11(10)16(27)28)12(17(29)30)19-14(26)13(25)9-5-3-2-4-6-9/h2-6,12-13,15,20,25H,7-8H2,1H3,(H,19,26)(H,27,28)(H,29,30)/t12?,13-,15-/m1/s1. The van der Waals surface area contributed by atoms with Gasteiger partial charge in [-0.3, -0.25) is 4.79 Å². The van der Waals surface area contributed by atoms with Crippen molar-refractivity contribution in [3.05, 3.63) is 47.2 Å². The molecule has 170 valence electrons. The van der Waals surface area contributed by atoms with Crippen LogP contribution in [0.3, 0.4) is 0 Å². The summed E-state index contributed by atoms with van der Waals surface area (Å²) in [5.74, 6) is -3.01. The number of aliphatic carboxylic acids is 2. The number of hydrogen-bond acceptors (Lipinski definition) is 10. The summed E-state index contributed by atoms with van der Waals surface area (Å²) in [7, 11) is 1.66. The van der Waals surface area contributed by atoms with E-state index in [0.717, 1.165) is 11.8 Å². The van der Waals surface area contributed by atoms with Crippen LogP contribution in [0.1, 0.15) is 11.7 Å². The fourth-order valence-electron chi connectivity index (χ4n) is 2.84. The number of tetrazole rings is 1. The van der Waals surface area contributed by atoms with Crippen LogP contribution < -0.4 is 10.6 Å². The number of thioether (sulfide) groups is 2. The molecule has 1 aromatic carbocycles. The van der Waals surface area contributed by atoms with Crippen LogP contribution in [0.15, 0.2) is 46.8 Å². The van der Waals surface area contributed by atoms with E-state index in [1.54, 1.807) is 25.2 Å². The number of hydrogen-bond donors (Lipinski definition) is 5. The van der Waals surface area contributed by atoms with E-state index in [4.69, 9.17) is 0 Å². The van der Waals surface area contributed by atoms with E-state index >= 15 is 0 Å². The van der Waals surface area contributed by atoms with Gasteiger partial charge in [0.25, 0.3) is 5.91 Å². The van der Waals surface area contributed by atoms with E-state index in [2.05, 4.69) is 26.2 Å². The quantitative estimate of drug-likeness (QED) is 0.294. The molecule has 1 aromatic heterocycles. The van der Waals surface area contributed by atoms with Crippen LogP contribution in [0.25, 0.3) is 0 Å². The van der Waals surface area contributed by atoms with E-state index in [0.29, 0.717) is 16.3 Å². The molecule has 1 unspecified atom stereocenters. The first-order valence-electron chi connectivity index (χ1n) is 9.22. The Morgan fingerprint density at radius 1 is 1.31 bits per heavy atom. The number of aromatic nitrogens is 4. The first-order chi connectivity index (χ1) is 15.3. The topological polar surface area (TPSA) is 180 Å². The molecule has 14 heteroatoms. The number of carboxylic acids is 2. The molecule has 2 heterocycles. The van der Waals surface area contributed by atoms with Crippen molar-refractivity contribution >= 4 is 41.4 Å². The van der Waals surface area contributed by atoms with Crippen molar-refractivity contribution in [1.82, 2.24) is 30.8 Å². The molecule has 0 bridgehead atoms. The van der Waals surface area contributed by atoms with Crippen molar-refractivity contribution in [2.24, 2.45) is 7.05 Å². The van der Waals surface area contributed by atoms with E-state index < -0.39 is 35.4 Å². The summed E-state index contributed by atoms with van der Waals surface area (Å²) in [6.45, 7) is 0. The highest BCUT2D eigenvalue weighted by Crippen LogP contribution is 2.29. The third-order valence-corrected chi connectivity index (χ3v) is 6.84. The summed E-state index contributed by atoms with van der Waals surface area (Å²) in [6.07, 6.45) is -1.56. The van der Waals surface area contributed by atoms with Gasteiger partial charge in [-0.15, -0.1) is 16.9 Å². The van der Waals surface area contributed by atoms with E-state index in [-0.39, 0.29) is 17.2 Å². The van der Waals surface area contributed by atoms with Crippen LogP contribution in [0, 0.1) is 0 Å². The van der Waals surface area contributed by atoms with Crippen molar-refractivity contribution in [3.63, 3.8) is 0 Å². The summed E-state index contributed by atoms with van der Waals surface area (Å²) in [5.41, 5.74) is 0.703. The Bertz CT molecular complexity index is 1030. The van der Waals surface area contributed by atoms with Gasteiger partial charge >= 0.3 is 11.9 Å². The Morgan fingerprint density at radius 2 is 2.03 bits per heavy atom. The fraction of sp³-hybridized carbons (Fsp3) is 0.333. The normalized spacial score (nSPS) is 17.9. The Morgan fingerprint density at radius 3 is 2.62 bits per heavy atom. The molecular formula is C18H20N6O6S2. The monoisotopic (exact) mass is 480 g/mol. The second-order valence-electron chi connectivity index (χ2n) is 6.67. The molecule has 1 amide bonds. The van der Waals surface area contributed by atoms with Crippen LogP contribution in [-0.4, -0.2) is 76.3 Å². The number of aryl methyl sites for hydroxylation is 1. The average molecular weight is 481 g/mol. The molecule has 3 rings (SSSR count). The van der Waals surface area contributed by atoms with Gasteiger partial charge in [-0.25, -0.2) is 14.3 Å². The lowest BCUT2D eigenvalue weighted by Crippen LogP contribution is -2.55. The number of benzene rings is 1. The molecule has 0 saturated heterocycles. The third kappa shape index (κ3) is 5.57. The first kappa shape index (κ1) is 23.6. The molecule has 3 atom stereocenters. The van der Waals surface area contributed by atoms with Gasteiger partial charge < -0.3 is 26.0 Å². The van der Waals surface area contributed by atoms with Crippen LogP contribution >= 0.6 is 23.5 Å². The van der Waals surface area contributed by atoms with Gasteiger partial charge in [0, 0.05) is 18.6 Å². The smallest absolute Gasteiger partial charge is 0.352 e. The number of carbonyl (C=O) groups excluding carboxylic acids is 1. The lowest BCUT2D eigenvalue weighted by molar-refractivity contribution is -0.143. The minimum atomic E-state index is -1.56. The zero-order valence-corrected chi connectivity index (χ0v) is 18.3. The molecule has 5 N–H and O–H groups in total. The molecule has 0 fully saturated rings. The summed E-state index contributed by atoms with van der Waals surface area (Å²) in [5, 5.41) is 45.1. The Kier molecular flexibility index (Phi) is 7.71.